The topological polar surface area (TPSA) is 77.3 Å². The third-order valence-electron chi connectivity index (χ3n) is 3.53. The monoisotopic (exact) mass is 314 g/mol. The molecule has 0 N–H and O–H groups in total. The summed E-state index contributed by atoms with van der Waals surface area (Å²) in [6.07, 6.45) is 2.04. The van der Waals surface area contributed by atoms with Gasteiger partial charge in [0, 0.05) is 13.1 Å². The molecule has 0 radical (unpaired) electrons. The number of nitrogens with zero attached hydrogens (tertiary/aromatic N) is 4. The highest BCUT2D eigenvalue weighted by molar-refractivity contribution is 6.17. The zero-order valence-electron chi connectivity index (χ0n) is 12.2. The van der Waals surface area contributed by atoms with Crippen LogP contribution < -0.4 is 0 Å². The van der Waals surface area contributed by atoms with Crippen molar-refractivity contribution in [2.24, 2.45) is 0 Å². The molecule has 1 fully saturated rings. The van der Waals surface area contributed by atoms with E-state index in [1.807, 2.05) is 0 Å². The van der Waals surface area contributed by atoms with E-state index in [9.17, 15) is 9.59 Å². The number of halogens is 1. The normalized spacial score (nSPS) is 16.0. The number of amides is 1. The van der Waals surface area contributed by atoms with E-state index in [0.717, 1.165) is 25.9 Å². The zero-order chi connectivity index (χ0) is 15.4. The summed E-state index contributed by atoms with van der Waals surface area (Å²) in [5, 5.41) is 7.74. The summed E-state index contributed by atoms with van der Waals surface area (Å²) >= 11 is 5.90. The average molecular weight is 315 g/mol. The Balaban J connectivity index is 2.22. The van der Waals surface area contributed by atoms with Gasteiger partial charge in [-0.25, -0.2) is 9.48 Å². The molecule has 116 valence electrons. The van der Waals surface area contributed by atoms with Crippen molar-refractivity contribution in [2.45, 2.75) is 38.6 Å². The first-order chi connectivity index (χ1) is 10.1. The van der Waals surface area contributed by atoms with Crippen LogP contribution in [-0.2, 0) is 15.4 Å². The second-order valence-electron chi connectivity index (χ2n) is 4.89. The lowest BCUT2D eigenvalue weighted by molar-refractivity contribution is -0.133. The summed E-state index contributed by atoms with van der Waals surface area (Å²) in [4.78, 5) is 26.0. The van der Waals surface area contributed by atoms with Crippen LogP contribution in [0.2, 0.25) is 0 Å². The van der Waals surface area contributed by atoms with E-state index in [1.54, 1.807) is 18.7 Å². The van der Waals surface area contributed by atoms with E-state index < -0.39 is 12.0 Å². The molecular formula is C13H19ClN4O3. The maximum absolute atomic E-state index is 12.4. The van der Waals surface area contributed by atoms with Gasteiger partial charge < -0.3 is 9.64 Å². The third kappa shape index (κ3) is 3.18. The highest BCUT2D eigenvalue weighted by Gasteiger charge is 2.29. The predicted molar refractivity (Wildman–Crippen MR) is 76.1 cm³/mol. The van der Waals surface area contributed by atoms with Crippen LogP contribution in [0.5, 0.6) is 0 Å². The first kappa shape index (κ1) is 15.8. The molecule has 0 aromatic carbocycles. The Morgan fingerprint density at radius 2 is 2.05 bits per heavy atom. The van der Waals surface area contributed by atoms with Crippen LogP contribution in [-0.4, -0.2) is 51.5 Å². The van der Waals surface area contributed by atoms with Gasteiger partial charge in [-0.1, -0.05) is 5.21 Å². The van der Waals surface area contributed by atoms with Gasteiger partial charge in [-0.15, -0.1) is 16.7 Å². The van der Waals surface area contributed by atoms with E-state index in [4.69, 9.17) is 16.3 Å². The minimum Gasteiger partial charge on any atom is -0.461 e. The average Bonchev–Trinajstić information content (AvgIpc) is 3.14. The number of hydrogen-bond donors (Lipinski definition) is 0. The zero-order valence-corrected chi connectivity index (χ0v) is 13.0. The quantitative estimate of drug-likeness (QED) is 0.606. The molecule has 0 spiro atoms. The smallest absolute Gasteiger partial charge is 0.360 e. The van der Waals surface area contributed by atoms with Crippen LogP contribution in [0, 0.1) is 0 Å². The fourth-order valence-electron chi connectivity index (χ4n) is 2.41. The number of esters is 1. The molecule has 2 rings (SSSR count). The fraction of sp³-hybridized carbons (Fsp3) is 0.692. The molecule has 0 bridgehead atoms. The molecular weight excluding hydrogens is 296 g/mol. The summed E-state index contributed by atoms with van der Waals surface area (Å²) in [7, 11) is 0. The molecule has 1 atom stereocenters. The van der Waals surface area contributed by atoms with Crippen molar-refractivity contribution in [3.8, 4) is 0 Å². The van der Waals surface area contributed by atoms with Crippen molar-refractivity contribution in [2.75, 3.05) is 19.7 Å². The number of rotatable bonds is 5. The van der Waals surface area contributed by atoms with E-state index in [0.29, 0.717) is 5.69 Å². The standard InChI is InChI=1S/C13H19ClN4O3/c1-3-21-13(20)11-10(8-14)18(16-15-11)9(2)12(19)17-6-4-5-7-17/h9H,3-8H2,1-2H3. The number of aromatic nitrogens is 3. The Hall–Kier alpha value is -1.63. The third-order valence-corrected chi connectivity index (χ3v) is 3.78. The number of hydrogen-bond acceptors (Lipinski definition) is 5. The van der Waals surface area contributed by atoms with Gasteiger partial charge >= 0.3 is 5.97 Å². The Morgan fingerprint density at radius 3 is 2.62 bits per heavy atom. The molecule has 1 unspecified atom stereocenters. The Labute approximate surface area is 128 Å². The predicted octanol–water partition coefficient (Wildman–Crippen LogP) is 1.38. The molecule has 1 aliphatic heterocycles. The summed E-state index contributed by atoms with van der Waals surface area (Å²) in [5.41, 5.74) is 0.489. The molecule has 0 saturated carbocycles. The summed E-state index contributed by atoms with van der Waals surface area (Å²) < 4.78 is 6.33. The van der Waals surface area contributed by atoms with Crippen molar-refractivity contribution in [1.29, 1.82) is 0 Å². The lowest BCUT2D eigenvalue weighted by atomic mass is 10.2. The van der Waals surface area contributed by atoms with Crippen molar-refractivity contribution in [3.63, 3.8) is 0 Å². The maximum Gasteiger partial charge on any atom is 0.360 e. The van der Waals surface area contributed by atoms with Crippen molar-refractivity contribution >= 4 is 23.5 Å². The second kappa shape index (κ2) is 6.89. The SMILES string of the molecule is CCOC(=O)c1nnn(C(C)C(=O)N2CCCC2)c1CCl. The summed E-state index contributed by atoms with van der Waals surface area (Å²) in [6.45, 7) is 5.22. The minimum absolute atomic E-state index is 0.0285. The van der Waals surface area contributed by atoms with Crippen molar-refractivity contribution in [1.82, 2.24) is 19.9 Å². The number of carbonyl (C=O) groups is 2. The van der Waals surface area contributed by atoms with Gasteiger partial charge in [-0.2, -0.15) is 0 Å². The van der Waals surface area contributed by atoms with Crippen LogP contribution in [0.4, 0.5) is 0 Å². The number of carbonyl (C=O) groups excluding carboxylic acids is 2. The van der Waals surface area contributed by atoms with Crippen LogP contribution in [0.25, 0.3) is 0 Å². The van der Waals surface area contributed by atoms with Gasteiger partial charge in [0.25, 0.3) is 0 Å². The van der Waals surface area contributed by atoms with E-state index in [-0.39, 0.29) is 24.1 Å². The molecule has 0 aliphatic carbocycles. The number of likely N-dealkylation sites (tertiary alicyclic amines) is 1. The first-order valence-electron chi connectivity index (χ1n) is 7.06. The Bertz CT molecular complexity index is 525. The number of alkyl halides is 1. The molecule has 1 aromatic heterocycles. The highest BCUT2D eigenvalue weighted by atomic mass is 35.5. The molecule has 7 nitrogen and oxygen atoms in total. The molecule has 8 heteroatoms. The molecule has 1 saturated heterocycles. The lowest BCUT2D eigenvalue weighted by Crippen LogP contribution is -2.35. The van der Waals surface area contributed by atoms with Gasteiger partial charge in [0.2, 0.25) is 5.91 Å². The van der Waals surface area contributed by atoms with E-state index in [1.165, 1.54) is 4.68 Å². The van der Waals surface area contributed by atoms with Gasteiger partial charge in [0.15, 0.2) is 5.69 Å². The van der Waals surface area contributed by atoms with Gasteiger partial charge in [0.05, 0.1) is 18.2 Å². The van der Waals surface area contributed by atoms with Gasteiger partial charge in [-0.3, -0.25) is 4.79 Å². The Kier molecular flexibility index (Phi) is 5.17. The minimum atomic E-state index is -0.569. The Morgan fingerprint density at radius 1 is 1.38 bits per heavy atom. The molecule has 1 aliphatic rings. The highest BCUT2D eigenvalue weighted by Crippen LogP contribution is 2.19. The van der Waals surface area contributed by atoms with Crippen LogP contribution >= 0.6 is 11.6 Å². The summed E-state index contributed by atoms with van der Waals surface area (Å²) in [5.74, 6) is -0.557. The maximum atomic E-state index is 12.4. The second-order valence-corrected chi connectivity index (χ2v) is 5.16. The first-order valence-corrected chi connectivity index (χ1v) is 7.59. The van der Waals surface area contributed by atoms with E-state index in [2.05, 4.69) is 10.3 Å². The number of ether oxygens (including phenoxy) is 1. The van der Waals surface area contributed by atoms with Crippen LogP contribution in [0.1, 0.15) is 48.9 Å². The fourth-order valence-corrected chi connectivity index (χ4v) is 2.66. The van der Waals surface area contributed by atoms with Gasteiger partial charge in [0.1, 0.15) is 6.04 Å². The lowest BCUT2D eigenvalue weighted by Gasteiger charge is -2.21. The molecule has 1 aromatic rings. The summed E-state index contributed by atoms with van der Waals surface area (Å²) in [6, 6.07) is -0.535. The van der Waals surface area contributed by atoms with Gasteiger partial charge in [-0.05, 0) is 26.7 Å². The molecule has 1 amide bonds. The van der Waals surface area contributed by atoms with Crippen LogP contribution in [0.15, 0.2) is 0 Å². The van der Waals surface area contributed by atoms with Crippen molar-refractivity contribution in [3.05, 3.63) is 11.4 Å². The largest absolute Gasteiger partial charge is 0.461 e. The van der Waals surface area contributed by atoms with Crippen molar-refractivity contribution < 1.29 is 14.3 Å². The van der Waals surface area contributed by atoms with Crippen LogP contribution in [0.3, 0.4) is 0 Å². The molecule has 2 heterocycles. The molecule has 21 heavy (non-hydrogen) atoms. The van der Waals surface area contributed by atoms with E-state index >= 15 is 0 Å².